The van der Waals surface area contributed by atoms with Crippen LogP contribution in [0.25, 0.3) is 0 Å². The van der Waals surface area contributed by atoms with Crippen LogP contribution in [0.15, 0.2) is 66.7 Å². The molecule has 24 heavy (non-hydrogen) atoms. The van der Waals surface area contributed by atoms with Crippen LogP contribution in [-0.4, -0.2) is 16.1 Å². The lowest BCUT2D eigenvalue weighted by molar-refractivity contribution is 0.0945. The second-order valence-corrected chi connectivity index (χ2v) is 5.41. The van der Waals surface area contributed by atoms with E-state index < -0.39 is 0 Å². The van der Waals surface area contributed by atoms with Gasteiger partial charge in [0.15, 0.2) is 11.5 Å². The van der Waals surface area contributed by atoms with E-state index in [1.54, 1.807) is 12.1 Å². The fourth-order valence-electron chi connectivity index (χ4n) is 2.24. The van der Waals surface area contributed by atoms with Gasteiger partial charge in [0.25, 0.3) is 5.91 Å². The number of benzene rings is 2. The van der Waals surface area contributed by atoms with Crippen LogP contribution in [0.5, 0.6) is 0 Å². The van der Waals surface area contributed by atoms with Crippen LogP contribution >= 0.6 is 0 Å². The van der Waals surface area contributed by atoms with E-state index in [-0.39, 0.29) is 5.91 Å². The third kappa shape index (κ3) is 3.95. The molecule has 0 aliphatic rings. The van der Waals surface area contributed by atoms with Crippen molar-refractivity contribution in [3.63, 3.8) is 0 Å². The van der Waals surface area contributed by atoms with E-state index in [4.69, 9.17) is 0 Å². The van der Waals surface area contributed by atoms with Crippen molar-refractivity contribution in [2.45, 2.75) is 13.5 Å². The summed E-state index contributed by atoms with van der Waals surface area (Å²) in [5.41, 5.74) is 3.41. The van der Waals surface area contributed by atoms with Crippen molar-refractivity contribution in [1.29, 1.82) is 0 Å². The van der Waals surface area contributed by atoms with Gasteiger partial charge in [-0.15, -0.1) is 10.2 Å². The molecule has 2 N–H and O–H groups in total. The number of carbonyl (C=O) groups is 1. The van der Waals surface area contributed by atoms with Gasteiger partial charge in [0, 0.05) is 12.2 Å². The first kappa shape index (κ1) is 15.7. The van der Waals surface area contributed by atoms with Crippen molar-refractivity contribution in [1.82, 2.24) is 15.5 Å². The smallest absolute Gasteiger partial charge is 0.272 e. The molecule has 0 aliphatic carbocycles. The van der Waals surface area contributed by atoms with Crippen LogP contribution in [0.1, 0.15) is 21.6 Å². The molecular formula is C19H18N4O. The number of hydrogen-bond donors (Lipinski definition) is 2. The Morgan fingerprint density at radius 2 is 1.67 bits per heavy atom. The fourth-order valence-corrected chi connectivity index (χ4v) is 2.24. The zero-order valence-corrected chi connectivity index (χ0v) is 13.4. The molecule has 0 saturated carbocycles. The lowest BCUT2D eigenvalue weighted by Gasteiger charge is -2.08. The molecular weight excluding hydrogens is 300 g/mol. The predicted octanol–water partition coefficient (Wildman–Crippen LogP) is 3.46. The quantitative estimate of drug-likeness (QED) is 0.756. The molecule has 3 rings (SSSR count). The van der Waals surface area contributed by atoms with E-state index in [0.717, 1.165) is 16.8 Å². The molecule has 0 unspecified atom stereocenters. The summed E-state index contributed by atoms with van der Waals surface area (Å²) >= 11 is 0. The summed E-state index contributed by atoms with van der Waals surface area (Å²) in [6.45, 7) is 2.48. The molecule has 0 radical (unpaired) electrons. The number of nitrogens with one attached hydrogen (secondary N) is 2. The predicted molar refractivity (Wildman–Crippen MR) is 94.1 cm³/mol. The van der Waals surface area contributed by atoms with E-state index in [1.807, 2.05) is 61.5 Å². The molecule has 3 aromatic rings. The molecule has 120 valence electrons. The average Bonchev–Trinajstić information content (AvgIpc) is 2.63. The number of para-hydroxylation sites is 1. The van der Waals surface area contributed by atoms with Crippen molar-refractivity contribution in [3.8, 4) is 0 Å². The minimum absolute atomic E-state index is 0.242. The second-order valence-electron chi connectivity index (χ2n) is 5.41. The van der Waals surface area contributed by atoms with Crippen LogP contribution in [0.4, 0.5) is 11.5 Å². The monoisotopic (exact) mass is 318 g/mol. The summed E-state index contributed by atoms with van der Waals surface area (Å²) in [7, 11) is 0. The van der Waals surface area contributed by atoms with Crippen molar-refractivity contribution in [3.05, 3.63) is 83.6 Å². The Morgan fingerprint density at radius 3 is 2.38 bits per heavy atom. The summed E-state index contributed by atoms with van der Waals surface area (Å²) < 4.78 is 0. The Labute approximate surface area is 140 Å². The second kappa shape index (κ2) is 7.37. The number of hydrogen-bond acceptors (Lipinski definition) is 4. The Bertz CT molecular complexity index is 816. The number of carbonyl (C=O) groups excluding carboxylic acids is 1. The van der Waals surface area contributed by atoms with Gasteiger partial charge >= 0.3 is 0 Å². The van der Waals surface area contributed by atoms with Crippen molar-refractivity contribution < 1.29 is 4.79 Å². The van der Waals surface area contributed by atoms with Gasteiger partial charge in [-0.2, -0.15) is 0 Å². The maximum absolute atomic E-state index is 12.1. The topological polar surface area (TPSA) is 66.9 Å². The third-order valence-electron chi connectivity index (χ3n) is 3.60. The number of aryl methyl sites for hydroxylation is 1. The number of aromatic nitrogens is 2. The minimum atomic E-state index is -0.242. The molecule has 0 saturated heterocycles. The highest BCUT2D eigenvalue weighted by Crippen LogP contribution is 2.17. The number of anilines is 2. The first-order valence-corrected chi connectivity index (χ1v) is 7.71. The van der Waals surface area contributed by atoms with E-state index >= 15 is 0 Å². The highest BCUT2D eigenvalue weighted by atomic mass is 16.1. The van der Waals surface area contributed by atoms with E-state index in [2.05, 4.69) is 20.8 Å². The Hall–Kier alpha value is -3.21. The highest BCUT2D eigenvalue weighted by molar-refractivity contribution is 5.92. The molecule has 2 aromatic carbocycles. The summed E-state index contributed by atoms with van der Waals surface area (Å²) in [4.78, 5) is 12.1. The van der Waals surface area contributed by atoms with Crippen LogP contribution < -0.4 is 10.6 Å². The first-order chi connectivity index (χ1) is 11.7. The van der Waals surface area contributed by atoms with Gasteiger partial charge in [-0.25, -0.2) is 0 Å². The Balaban J connectivity index is 1.61. The standard InChI is InChI=1S/C19H18N4O/c1-14-7-5-6-10-16(14)21-18-12-11-17(22-23-18)19(24)20-13-15-8-3-2-4-9-15/h2-12H,13H2,1H3,(H,20,24)(H,21,23). The lowest BCUT2D eigenvalue weighted by Crippen LogP contribution is -2.24. The summed E-state index contributed by atoms with van der Waals surface area (Å²) in [5.74, 6) is 0.359. The Kier molecular flexibility index (Phi) is 4.81. The number of amides is 1. The molecule has 0 spiro atoms. The van der Waals surface area contributed by atoms with Gasteiger partial charge in [-0.05, 0) is 36.2 Å². The van der Waals surface area contributed by atoms with E-state index in [1.165, 1.54) is 0 Å². The van der Waals surface area contributed by atoms with Crippen molar-refractivity contribution in [2.24, 2.45) is 0 Å². The molecule has 0 atom stereocenters. The summed E-state index contributed by atoms with van der Waals surface area (Å²) in [5, 5.41) is 14.1. The SMILES string of the molecule is Cc1ccccc1Nc1ccc(C(=O)NCc2ccccc2)nn1. The minimum Gasteiger partial charge on any atom is -0.347 e. The first-order valence-electron chi connectivity index (χ1n) is 7.71. The highest BCUT2D eigenvalue weighted by Gasteiger charge is 2.08. The van der Waals surface area contributed by atoms with Gasteiger partial charge in [0.1, 0.15) is 0 Å². The van der Waals surface area contributed by atoms with Gasteiger partial charge in [0.05, 0.1) is 0 Å². The Morgan fingerprint density at radius 1 is 0.917 bits per heavy atom. The largest absolute Gasteiger partial charge is 0.347 e. The van der Waals surface area contributed by atoms with Crippen molar-refractivity contribution in [2.75, 3.05) is 5.32 Å². The number of rotatable bonds is 5. The fraction of sp³-hybridized carbons (Fsp3) is 0.105. The number of nitrogens with zero attached hydrogens (tertiary/aromatic N) is 2. The normalized spacial score (nSPS) is 10.2. The van der Waals surface area contributed by atoms with Gasteiger partial charge in [0.2, 0.25) is 0 Å². The lowest BCUT2D eigenvalue weighted by atomic mass is 10.2. The maximum Gasteiger partial charge on any atom is 0.272 e. The zero-order chi connectivity index (χ0) is 16.8. The van der Waals surface area contributed by atoms with Crippen LogP contribution in [0.3, 0.4) is 0 Å². The van der Waals surface area contributed by atoms with Crippen molar-refractivity contribution >= 4 is 17.4 Å². The van der Waals surface area contributed by atoms with Gasteiger partial charge in [-0.3, -0.25) is 4.79 Å². The zero-order valence-electron chi connectivity index (χ0n) is 13.4. The molecule has 0 aliphatic heterocycles. The molecule has 5 heteroatoms. The maximum atomic E-state index is 12.1. The van der Waals surface area contributed by atoms with E-state index in [9.17, 15) is 4.79 Å². The summed E-state index contributed by atoms with van der Waals surface area (Å²) in [6.07, 6.45) is 0. The summed E-state index contributed by atoms with van der Waals surface area (Å²) in [6, 6.07) is 21.1. The van der Waals surface area contributed by atoms with E-state index in [0.29, 0.717) is 18.1 Å². The third-order valence-corrected chi connectivity index (χ3v) is 3.60. The molecule has 0 bridgehead atoms. The molecule has 5 nitrogen and oxygen atoms in total. The van der Waals surface area contributed by atoms with Crippen LogP contribution in [0.2, 0.25) is 0 Å². The van der Waals surface area contributed by atoms with Crippen LogP contribution in [0, 0.1) is 6.92 Å². The molecule has 1 aromatic heterocycles. The molecule has 0 fully saturated rings. The van der Waals surface area contributed by atoms with Gasteiger partial charge < -0.3 is 10.6 Å². The molecule has 1 heterocycles. The molecule has 1 amide bonds. The van der Waals surface area contributed by atoms with Crippen LogP contribution in [-0.2, 0) is 6.54 Å². The van der Waals surface area contributed by atoms with Gasteiger partial charge in [-0.1, -0.05) is 48.5 Å². The average molecular weight is 318 g/mol.